The lowest BCUT2D eigenvalue weighted by Gasteiger charge is -2.17. The van der Waals surface area contributed by atoms with Crippen LogP contribution in [0.3, 0.4) is 0 Å². The van der Waals surface area contributed by atoms with Gasteiger partial charge in [-0.05, 0) is 64.8 Å². The van der Waals surface area contributed by atoms with E-state index in [2.05, 4.69) is 48.4 Å². The Morgan fingerprint density at radius 2 is 2.10 bits per heavy atom. The molecule has 3 rings (SSSR count). The highest BCUT2D eigenvalue weighted by Gasteiger charge is 2.23. The molecule has 1 saturated heterocycles. The van der Waals surface area contributed by atoms with Crippen LogP contribution in [-0.4, -0.2) is 56.3 Å². The van der Waals surface area contributed by atoms with Crippen LogP contribution in [0.4, 0.5) is 0 Å². The van der Waals surface area contributed by atoms with Gasteiger partial charge in [0.25, 0.3) is 0 Å². The number of halogens is 1. The quantitative estimate of drug-likeness (QED) is 0.289. The Labute approximate surface area is 199 Å². The molecule has 2 heterocycles. The molecule has 0 radical (unpaired) electrons. The van der Waals surface area contributed by atoms with Gasteiger partial charge in [0, 0.05) is 37.2 Å². The van der Waals surface area contributed by atoms with Crippen molar-refractivity contribution >= 4 is 29.9 Å². The van der Waals surface area contributed by atoms with E-state index < -0.39 is 0 Å². The molecule has 0 spiro atoms. The van der Waals surface area contributed by atoms with Crippen LogP contribution in [-0.2, 0) is 13.0 Å². The average Bonchev–Trinajstić information content (AvgIpc) is 3.29. The van der Waals surface area contributed by atoms with Crippen LogP contribution in [0.25, 0.3) is 0 Å². The number of hydrogen-bond acceptors (Lipinski definition) is 4. The first-order chi connectivity index (χ1) is 14.1. The van der Waals surface area contributed by atoms with Crippen molar-refractivity contribution in [2.45, 2.75) is 59.6 Å². The molecule has 0 amide bonds. The Hall–Kier alpha value is -1.22. The minimum atomic E-state index is 0. The number of hydrogen-bond donors (Lipinski definition) is 2. The summed E-state index contributed by atoms with van der Waals surface area (Å²) in [5.41, 5.74) is 2.31. The van der Waals surface area contributed by atoms with Crippen molar-refractivity contribution in [1.82, 2.24) is 15.5 Å². The number of guanidine groups is 1. The maximum atomic E-state index is 5.94. The van der Waals surface area contributed by atoms with Gasteiger partial charge in [0.2, 0.25) is 0 Å². The molecule has 1 aromatic rings. The molecular formula is C23H39IN4O2. The van der Waals surface area contributed by atoms with Crippen LogP contribution in [0.15, 0.2) is 17.1 Å². The Morgan fingerprint density at radius 1 is 1.27 bits per heavy atom. The molecule has 0 bridgehead atoms. The lowest BCUT2D eigenvalue weighted by Crippen LogP contribution is -2.40. The van der Waals surface area contributed by atoms with E-state index >= 15 is 0 Å². The monoisotopic (exact) mass is 530 g/mol. The first-order valence-electron chi connectivity index (χ1n) is 11.3. The summed E-state index contributed by atoms with van der Waals surface area (Å²) >= 11 is 0. The minimum absolute atomic E-state index is 0. The summed E-state index contributed by atoms with van der Waals surface area (Å²) in [5.74, 6) is 3.47. The van der Waals surface area contributed by atoms with Crippen molar-refractivity contribution in [3.8, 4) is 11.5 Å². The summed E-state index contributed by atoms with van der Waals surface area (Å²) in [5, 5.41) is 6.92. The van der Waals surface area contributed by atoms with Crippen LogP contribution >= 0.6 is 24.0 Å². The highest BCUT2D eigenvalue weighted by molar-refractivity contribution is 14.0. The third-order valence-corrected chi connectivity index (χ3v) is 5.60. The lowest BCUT2D eigenvalue weighted by molar-refractivity contribution is 0.254. The van der Waals surface area contributed by atoms with Crippen LogP contribution in [0, 0.1) is 5.92 Å². The predicted octanol–water partition coefficient (Wildman–Crippen LogP) is 3.81. The first-order valence-corrected chi connectivity index (χ1v) is 11.3. The number of benzene rings is 1. The molecule has 2 unspecified atom stereocenters. The fourth-order valence-electron chi connectivity index (χ4n) is 4.24. The number of nitrogens with zero attached hydrogens (tertiary/aromatic N) is 2. The molecule has 1 aromatic carbocycles. The van der Waals surface area contributed by atoms with E-state index in [4.69, 9.17) is 14.5 Å². The largest absolute Gasteiger partial charge is 0.494 e. The zero-order valence-corrected chi connectivity index (χ0v) is 21.3. The van der Waals surface area contributed by atoms with Gasteiger partial charge in [-0.25, -0.2) is 4.99 Å². The summed E-state index contributed by atoms with van der Waals surface area (Å²) in [6, 6.07) is 4.24. The van der Waals surface area contributed by atoms with E-state index in [9.17, 15) is 0 Å². The third kappa shape index (κ3) is 6.90. The number of aliphatic imine (C=N–C) groups is 1. The molecule has 2 N–H and O–H groups in total. The smallest absolute Gasteiger partial charge is 0.191 e. The standard InChI is InChI=1S/C23H38N4O2.HI/c1-5-9-27-10-8-18(16-27)14-25-23(24-6-2)26-15-20-13-22-19(11-17(4)29-22)12-21(20)28-7-3;/h12-13,17-18H,5-11,14-16H2,1-4H3,(H2,24,25,26);1H. The third-order valence-electron chi connectivity index (χ3n) is 5.60. The topological polar surface area (TPSA) is 58.1 Å². The average molecular weight is 530 g/mol. The second-order valence-electron chi connectivity index (χ2n) is 8.16. The zero-order valence-electron chi connectivity index (χ0n) is 19.0. The molecule has 2 aliphatic rings. The Morgan fingerprint density at radius 3 is 2.83 bits per heavy atom. The molecule has 170 valence electrons. The van der Waals surface area contributed by atoms with Gasteiger partial charge < -0.3 is 25.0 Å². The molecule has 2 atom stereocenters. The number of fused-ring (bicyclic) bond motifs is 1. The first kappa shape index (κ1) is 25.0. The summed E-state index contributed by atoms with van der Waals surface area (Å²) < 4.78 is 11.8. The summed E-state index contributed by atoms with van der Waals surface area (Å²) in [6.07, 6.45) is 3.67. The summed E-state index contributed by atoms with van der Waals surface area (Å²) in [6.45, 7) is 15.1. The Balaban J connectivity index is 0.00000320. The highest BCUT2D eigenvalue weighted by atomic mass is 127. The molecular weight excluding hydrogens is 491 g/mol. The van der Waals surface area contributed by atoms with Gasteiger partial charge in [-0.1, -0.05) is 6.92 Å². The normalized spacial score (nSPS) is 21.0. The number of ether oxygens (including phenoxy) is 2. The van der Waals surface area contributed by atoms with Crippen LogP contribution in [0.5, 0.6) is 11.5 Å². The van der Waals surface area contributed by atoms with Crippen LogP contribution in [0.2, 0.25) is 0 Å². The fraction of sp³-hybridized carbons (Fsp3) is 0.696. The molecule has 2 aliphatic heterocycles. The highest BCUT2D eigenvalue weighted by Crippen LogP contribution is 2.35. The Kier molecular flexibility index (Phi) is 10.5. The fourth-order valence-corrected chi connectivity index (χ4v) is 4.24. The predicted molar refractivity (Wildman–Crippen MR) is 134 cm³/mol. The molecule has 7 heteroatoms. The van der Waals surface area contributed by atoms with E-state index in [0.717, 1.165) is 42.5 Å². The van der Waals surface area contributed by atoms with E-state index in [1.165, 1.54) is 38.0 Å². The van der Waals surface area contributed by atoms with E-state index in [0.29, 0.717) is 19.1 Å². The molecule has 0 saturated carbocycles. The van der Waals surface area contributed by atoms with E-state index in [1.54, 1.807) is 0 Å². The molecule has 0 aromatic heterocycles. The molecule has 1 fully saturated rings. The zero-order chi connectivity index (χ0) is 20.6. The second-order valence-corrected chi connectivity index (χ2v) is 8.16. The maximum Gasteiger partial charge on any atom is 0.191 e. The van der Waals surface area contributed by atoms with Crippen molar-refractivity contribution in [1.29, 1.82) is 0 Å². The van der Waals surface area contributed by atoms with Crippen molar-refractivity contribution in [3.05, 3.63) is 23.3 Å². The maximum absolute atomic E-state index is 5.94. The van der Waals surface area contributed by atoms with Crippen LogP contribution < -0.4 is 20.1 Å². The van der Waals surface area contributed by atoms with Crippen molar-refractivity contribution < 1.29 is 9.47 Å². The minimum Gasteiger partial charge on any atom is -0.494 e. The lowest BCUT2D eigenvalue weighted by atomic mass is 10.1. The van der Waals surface area contributed by atoms with Crippen molar-refractivity contribution in [2.24, 2.45) is 10.9 Å². The summed E-state index contributed by atoms with van der Waals surface area (Å²) in [4.78, 5) is 7.40. The number of rotatable bonds is 9. The summed E-state index contributed by atoms with van der Waals surface area (Å²) in [7, 11) is 0. The van der Waals surface area contributed by atoms with Gasteiger partial charge in [0.15, 0.2) is 5.96 Å². The Bertz CT molecular complexity index is 698. The number of nitrogens with one attached hydrogen (secondary N) is 2. The van der Waals surface area contributed by atoms with Gasteiger partial charge in [-0.15, -0.1) is 24.0 Å². The molecule has 0 aliphatic carbocycles. The van der Waals surface area contributed by atoms with Crippen molar-refractivity contribution in [3.63, 3.8) is 0 Å². The number of likely N-dealkylation sites (tertiary alicyclic amines) is 1. The molecule has 30 heavy (non-hydrogen) atoms. The van der Waals surface area contributed by atoms with Gasteiger partial charge in [-0.3, -0.25) is 0 Å². The van der Waals surface area contributed by atoms with Crippen LogP contribution in [0.1, 0.15) is 51.7 Å². The SMILES string of the molecule is CCCN1CCC(CNC(=NCc2cc3c(cc2OCC)CC(C)O3)NCC)C1.I. The van der Waals surface area contributed by atoms with Gasteiger partial charge >= 0.3 is 0 Å². The van der Waals surface area contributed by atoms with E-state index in [-0.39, 0.29) is 30.1 Å². The second kappa shape index (κ2) is 12.6. The van der Waals surface area contributed by atoms with Gasteiger partial charge in [0.1, 0.15) is 17.6 Å². The van der Waals surface area contributed by atoms with Crippen molar-refractivity contribution in [2.75, 3.05) is 39.3 Å². The molecule has 6 nitrogen and oxygen atoms in total. The van der Waals surface area contributed by atoms with Gasteiger partial charge in [-0.2, -0.15) is 0 Å². The van der Waals surface area contributed by atoms with Gasteiger partial charge in [0.05, 0.1) is 13.2 Å². The van der Waals surface area contributed by atoms with E-state index in [1.807, 2.05) is 6.92 Å².